The molecule has 0 atom stereocenters. The molecular weight excluding hydrogens is 208 g/mol. The maximum absolute atomic E-state index is 2.60. The first-order valence-corrected chi connectivity index (χ1v) is 6.87. The van der Waals surface area contributed by atoms with Crippen molar-refractivity contribution >= 4 is 0 Å². The molecule has 0 saturated carbocycles. The van der Waals surface area contributed by atoms with E-state index in [1.54, 1.807) is 0 Å². The van der Waals surface area contributed by atoms with Gasteiger partial charge in [0.15, 0.2) is 0 Å². The van der Waals surface area contributed by atoms with Gasteiger partial charge in [-0.2, -0.15) is 0 Å². The Labute approximate surface area is 105 Å². The average Bonchev–Trinajstić information content (AvgIpc) is 2.57. The molecule has 1 heterocycles. The maximum Gasteiger partial charge on any atom is 0.0234 e. The highest BCUT2D eigenvalue weighted by atomic mass is 15.2. The van der Waals surface area contributed by atoms with Gasteiger partial charge in [0.25, 0.3) is 0 Å². The van der Waals surface area contributed by atoms with Crippen LogP contribution in [0.15, 0.2) is 30.3 Å². The van der Waals surface area contributed by atoms with E-state index in [0.717, 1.165) is 6.54 Å². The van der Waals surface area contributed by atoms with E-state index in [4.69, 9.17) is 0 Å². The third-order valence-electron chi connectivity index (χ3n) is 3.47. The second-order valence-electron chi connectivity index (χ2n) is 4.96. The van der Waals surface area contributed by atoms with Crippen LogP contribution in [0.2, 0.25) is 0 Å². The zero-order chi connectivity index (χ0) is 11.9. The first-order valence-electron chi connectivity index (χ1n) is 6.87. The lowest BCUT2D eigenvalue weighted by Crippen LogP contribution is -2.30. The Balaban J connectivity index is 1.83. The summed E-state index contributed by atoms with van der Waals surface area (Å²) in [6.45, 7) is 9.62. The van der Waals surface area contributed by atoms with Crippen molar-refractivity contribution in [1.29, 1.82) is 0 Å². The van der Waals surface area contributed by atoms with Crippen molar-refractivity contribution in [2.24, 2.45) is 0 Å². The lowest BCUT2D eigenvalue weighted by molar-refractivity contribution is 0.252. The SMILES string of the molecule is CCCN1CCCN(Cc2ccccc2)CC1. The first kappa shape index (κ1) is 12.6. The summed E-state index contributed by atoms with van der Waals surface area (Å²) in [4.78, 5) is 5.19. The third kappa shape index (κ3) is 4.14. The highest BCUT2D eigenvalue weighted by Crippen LogP contribution is 2.08. The number of nitrogens with zero attached hydrogens (tertiary/aromatic N) is 2. The number of hydrogen-bond acceptors (Lipinski definition) is 2. The predicted octanol–water partition coefficient (Wildman–Crippen LogP) is 2.60. The molecule has 2 heteroatoms. The summed E-state index contributed by atoms with van der Waals surface area (Å²) in [5, 5.41) is 0. The standard InChI is InChI=1S/C15H24N2/c1-2-9-16-10-6-11-17(13-12-16)14-15-7-4-3-5-8-15/h3-5,7-8H,2,6,9-14H2,1H3. The van der Waals surface area contributed by atoms with Gasteiger partial charge in [-0.15, -0.1) is 0 Å². The van der Waals surface area contributed by atoms with Gasteiger partial charge in [0, 0.05) is 19.6 Å². The fraction of sp³-hybridized carbons (Fsp3) is 0.600. The van der Waals surface area contributed by atoms with Crippen molar-refractivity contribution in [3.05, 3.63) is 35.9 Å². The topological polar surface area (TPSA) is 6.48 Å². The van der Waals surface area contributed by atoms with Crippen LogP contribution in [0.1, 0.15) is 25.3 Å². The second kappa shape index (κ2) is 6.77. The minimum Gasteiger partial charge on any atom is -0.302 e. The van der Waals surface area contributed by atoms with Crippen LogP contribution >= 0.6 is 0 Å². The molecule has 2 rings (SSSR count). The van der Waals surface area contributed by atoms with Crippen molar-refractivity contribution in [1.82, 2.24) is 9.80 Å². The van der Waals surface area contributed by atoms with Crippen LogP contribution in [0.4, 0.5) is 0 Å². The zero-order valence-corrected chi connectivity index (χ0v) is 10.9. The Hall–Kier alpha value is -0.860. The number of benzene rings is 1. The normalized spacial score (nSPS) is 19.1. The van der Waals surface area contributed by atoms with Crippen molar-refractivity contribution in [2.75, 3.05) is 32.7 Å². The quantitative estimate of drug-likeness (QED) is 0.787. The summed E-state index contributed by atoms with van der Waals surface area (Å²) >= 11 is 0. The molecule has 0 bridgehead atoms. The van der Waals surface area contributed by atoms with Crippen LogP contribution in [0, 0.1) is 0 Å². The fourth-order valence-electron chi connectivity index (χ4n) is 2.56. The van der Waals surface area contributed by atoms with E-state index in [-0.39, 0.29) is 0 Å². The minimum atomic E-state index is 1.11. The van der Waals surface area contributed by atoms with E-state index in [1.165, 1.54) is 51.1 Å². The van der Waals surface area contributed by atoms with Crippen LogP contribution in [0.5, 0.6) is 0 Å². The van der Waals surface area contributed by atoms with Crippen molar-refractivity contribution in [3.8, 4) is 0 Å². The van der Waals surface area contributed by atoms with Gasteiger partial charge in [-0.3, -0.25) is 4.90 Å². The Morgan fingerprint density at radius 1 is 0.941 bits per heavy atom. The van der Waals surface area contributed by atoms with E-state index < -0.39 is 0 Å². The molecule has 94 valence electrons. The molecule has 0 amide bonds. The molecule has 1 aliphatic heterocycles. The van der Waals surface area contributed by atoms with Crippen molar-refractivity contribution in [3.63, 3.8) is 0 Å². The summed E-state index contributed by atoms with van der Waals surface area (Å²) in [5.74, 6) is 0. The van der Waals surface area contributed by atoms with Crippen molar-refractivity contribution < 1.29 is 0 Å². The number of hydrogen-bond donors (Lipinski definition) is 0. The van der Waals surface area contributed by atoms with Crippen molar-refractivity contribution in [2.45, 2.75) is 26.3 Å². The Bertz CT molecular complexity index is 310. The summed E-state index contributed by atoms with van der Waals surface area (Å²) in [5.41, 5.74) is 1.44. The maximum atomic E-state index is 2.60. The van der Waals surface area contributed by atoms with Gasteiger partial charge < -0.3 is 4.90 Å². The Morgan fingerprint density at radius 3 is 2.41 bits per heavy atom. The molecule has 0 spiro atoms. The third-order valence-corrected chi connectivity index (χ3v) is 3.47. The van der Waals surface area contributed by atoms with Gasteiger partial charge in [-0.1, -0.05) is 37.3 Å². The molecule has 17 heavy (non-hydrogen) atoms. The summed E-state index contributed by atoms with van der Waals surface area (Å²) in [6.07, 6.45) is 2.59. The van der Waals surface area contributed by atoms with Crippen LogP contribution in [-0.2, 0) is 6.54 Å². The van der Waals surface area contributed by atoms with E-state index in [0.29, 0.717) is 0 Å². The number of rotatable bonds is 4. The molecular formula is C15H24N2. The highest BCUT2D eigenvalue weighted by Gasteiger charge is 2.13. The lowest BCUT2D eigenvalue weighted by atomic mass is 10.2. The largest absolute Gasteiger partial charge is 0.302 e. The molecule has 0 unspecified atom stereocenters. The zero-order valence-electron chi connectivity index (χ0n) is 10.9. The molecule has 1 aromatic rings. The molecule has 0 radical (unpaired) electrons. The first-order chi connectivity index (χ1) is 8.38. The van der Waals surface area contributed by atoms with Gasteiger partial charge in [-0.05, 0) is 38.0 Å². The molecule has 0 aliphatic carbocycles. The van der Waals surface area contributed by atoms with Gasteiger partial charge in [0.2, 0.25) is 0 Å². The van der Waals surface area contributed by atoms with Crippen LogP contribution in [0.25, 0.3) is 0 Å². The smallest absolute Gasteiger partial charge is 0.0234 e. The second-order valence-corrected chi connectivity index (χ2v) is 4.96. The molecule has 1 saturated heterocycles. The molecule has 0 N–H and O–H groups in total. The molecule has 1 fully saturated rings. The molecule has 2 nitrogen and oxygen atoms in total. The molecule has 1 aliphatic rings. The average molecular weight is 232 g/mol. The van der Waals surface area contributed by atoms with Crippen LogP contribution < -0.4 is 0 Å². The monoisotopic (exact) mass is 232 g/mol. The summed E-state index contributed by atoms with van der Waals surface area (Å²) < 4.78 is 0. The summed E-state index contributed by atoms with van der Waals surface area (Å²) in [6, 6.07) is 10.8. The summed E-state index contributed by atoms with van der Waals surface area (Å²) in [7, 11) is 0. The Morgan fingerprint density at radius 2 is 1.65 bits per heavy atom. The molecule has 1 aromatic carbocycles. The van der Waals surface area contributed by atoms with E-state index in [9.17, 15) is 0 Å². The molecule has 0 aromatic heterocycles. The van der Waals surface area contributed by atoms with Crippen LogP contribution in [-0.4, -0.2) is 42.5 Å². The lowest BCUT2D eigenvalue weighted by Gasteiger charge is -2.21. The van der Waals surface area contributed by atoms with Gasteiger partial charge in [0.1, 0.15) is 0 Å². The minimum absolute atomic E-state index is 1.11. The highest BCUT2D eigenvalue weighted by molar-refractivity contribution is 5.14. The van der Waals surface area contributed by atoms with Gasteiger partial charge in [-0.25, -0.2) is 0 Å². The fourth-order valence-corrected chi connectivity index (χ4v) is 2.56. The van der Waals surface area contributed by atoms with E-state index in [1.807, 2.05) is 0 Å². The van der Waals surface area contributed by atoms with Gasteiger partial charge in [0.05, 0.1) is 0 Å². The van der Waals surface area contributed by atoms with Gasteiger partial charge >= 0.3 is 0 Å². The van der Waals surface area contributed by atoms with E-state index in [2.05, 4.69) is 47.1 Å². The Kier molecular flexibility index (Phi) is 5.02. The predicted molar refractivity (Wildman–Crippen MR) is 73.1 cm³/mol. The van der Waals surface area contributed by atoms with E-state index >= 15 is 0 Å². The van der Waals surface area contributed by atoms with Crippen LogP contribution in [0.3, 0.4) is 0 Å².